The zero-order chi connectivity index (χ0) is 36.2. The van der Waals surface area contributed by atoms with Crippen LogP contribution < -0.4 is 10.6 Å². The molecule has 0 spiro atoms. The van der Waals surface area contributed by atoms with Gasteiger partial charge in [-0.05, 0) is 38.5 Å². The number of carboxylic acid groups (broad SMARTS) is 1. The summed E-state index contributed by atoms with van der Waals surface area (Å²) in [6.07, 6.45) is 34.3. The first-order chi connectivity index (χ1) is 23.8. The van der Waals surface area contributed by atoms with Gasteiger partial charge in [0, 0.05) is 12.8 Å². The minimum atomic E-state index is -1.38. The highest BCUT2D eigenvalue weighted by Gasteiger charge is 2.19. The van der Waals surface area contributed by atoms with Crippen molar-refractivity contribution >= 4 is 23.8 Å². The van der Waals surface area contributed by atoms with E-state index in [-0.39, 0.29) is 24.5 Å². The van der Waals surface area contributed by atoms with Crippen LogP contribution in [0.5, 0.6) is 0 Å². The van der Waals surface area contributed by atoms with Crippen molar-refractivity contribution in [1.29, 1.82) is 0 Å². The number of carboxylic acids is 1. The van der Waals surface area contributed by atoms with Crippen molar-refractivity contribution in [3.05, 3.63) is 0 Å². The molecule has 0 saturated carbocycles. The molecule has 0 aliphatic rings. The van der Waals surface area contributed by atoms with Gasteiger partial charge in [0.25, 0.3) is 0 Å². The second-order valence-corrected chi connectivity index (χ2v) is 14.1. The molecule has 0 saturated heterocycles. The van der Waals surface area contributed by atoms with Crippen molar-refractivity contribution in [3.8, 4) is 0 Å². The predicted molar refractivity (Wildman–Crippen MR) is 199 cm³/mol. The molecule has 9 heteroatoms. The van der Waals surface area contributed by atoms with E-state index in [4.69, 9.17) is 14.9 Å². The Labute approximate surface area is 299 Å². The molecule has 9 nitrogen and oxygen atoms in total. The average Bonchev–Trinajstić information content (AvgIpc) is 3.08. The molecule has 2 amide bonds. The third-order valence-corrected chi connectivity index (χ3v) is 9.35. The second-order valence-electron chi connectivity index (χ2n) is 14.1. The van der Waals surface area contributed by atoms with Gasteiger partial charge in [-0.15, -0.1) is 0 Å². The fraction of sp³-hybridized carbons (Fsp3) is 0.900. The van der Waals surface area contributed by atoms with Crippen LogP contribution in [0.3, 0.4) is 0 Å². The summed E-state index contributed by atoms with van der Waals surface area (Å²) < 4.78 is 5.98. The molecule has 0 rings (SSSR count). The quantitative estimate of drug-likeness (QED) is 0.0375. The summed E-state index contributed by atoms with van der Waals surface area (Å²) in [5, 5.41) is 22.5. The van der Waals surface area contributed by atoms with E-state index >= 15 is 0 Å². The lowest BCUT2D eigenvalue weighted by Crippen LogP contribution is -2.47. The SMILES string of the molecule is CCCCCCCCCCCCCCCCCC(=O)OC(CCCCCCCC)CCCCCCCC(=O)NCC(=O)NC(CO)C(=O)O. The van der Waals surface area contributed by atoms with Gasteiger partial charge in [0.15, 0.2) is 0 Å². The molecule has 0 fully saturated rings. The van der Waals surface area contributed by atoms with Crippen molar-refractivity contribution < 1.29 is 34.1 Å². The van der Waals surface area contributed by atoms with Gasteiger partial charge in [0.05, 0.1) is 13.2 Å². The van der Waals surface area contributed by atoms with Crippen molar-refractivity contribution in [3.63, 3.8) is 0 Å². The van der Waals surface area contributed by atoms with E-state index in [2.05, 4.69) is 24.5 Å². The smallest absolute Gasteiger partial charge is 0.328 e. The largest absolute Gasteiger partial charge is 0.480 e. The molecule has 0 aliphatic carbocycles. The molecular weight excluding hydrogens is 620 g/mol. The third-order valence-electron chi connectivity index (χ3n) is 9.35. The van der Waals surface area contributed by atoms with E-state index in [0.717, 1.165) is 57.8 Å². The maximum atomic E-state index is 12.7. The highest BCUT2D eigenvalue weighted by atomic mass is 16.5. The number of hydrogen-bond donors (Lipinski definition) is 4. The fourth-order valence-electron chi connectivity index (χ4n) is 6.19. The van der Waals surface area contributed by atoms with Crippen LogP contribution in [0.1, 0.15) is 206 Å². The van der Waals surface area contributed by atoms with E-state index in [1.807, 2.05) is 0 Å². The zero-order valence-electron chi connectivity index (χ0n) is 31.7. The zero-order valence-corrected chi connectivity index (χ0v) is 31.7. The lowest BCUT2D eigenvalue weighted by molar-refractivity contribution is -0.150. The number of nitrogens with one attached hydrogen (secondary N) is 2. The van der Waals surface area contributed by atoms with Crippen molar-refractivity contribution in [2.75, 3.05) is 13.2 Å². The van der Waals surface area contributed by atoms with Gasteiger partial charge >= 0.3 is 11.9 Å². The molecular formula is C40H76N2O7. The normalized spacial score (nSPS) is 12.4. The van der Waals surface area contributed by atoms with Gasteiger partial charge in [0.1, 0.15) is 12.1 Å². The maximum absolute atomic E-state index is 12.7. The standard InChI is InChI=1S/C40H76N2O7/c1-3-5-7-9-11-12-13-14-15-16-17-18-19-24-28-32-39(46)49-35(29-25-21-10-8-6-4-2)30-26-22-20-23-27-31-37(44)41-33-38(45)42-36(34-43)40(47)48/h35-36,43H,3-34H2,1-2H3,(H,41,44)(H,42,45)(H,47,48). The number of aliphatic carboxylic acids is 1. The molecule has 0 heterocycles. The molecule has 0 aromatic heterocycles. The lowest BCUT2D eigenvalue weighted by atomic mass is 10.0. The molecule has 0 aliphatic heterocycles. The van der Waals surface area contributed by atoms with Crippen LogP contribution in [-0.4, -0.2) is 59.3 Å². The van der Waals surface area contributed by atoms with Crippen LogP contribution in [0.25, 0.3) is 0 Å². The summed E-state index contributed by atoms with van der Waals surface area (Å²) in [5.74, 6) is -2.28. The van der Waals surface area contributed by atoms with Crippen LogP contribution >= 0.6 is 0 Å². The average molecular weight is 697 g/mol. The number of hydrogen-bond acceptors (Lipinski definition) is 6. The minimum Gasteiger partial charge on any atom is -0.480 e. The number of esters is 1. The Hall–Kier alpha value is -2.16. The van der Waals surface area contributed by atoms with Crippen molar-refractivity contribution in [2.24, 2.45) is 0 Å². The predicted octanol–water partition coefficient (Wildman–Crippen LogP) is 9.32. The number of aliphatic hydroxyl groups excluding tert-OH is 1. The van der Waals surface area contributed by atoms with E-state index in [9.17, 15) is 19.2 Å². The number of ether oxygens (including phenoxy) is 1. The molecule has 2 unspecified atom stereocenters. The van der Waals surface area contributed by atoms with Crippen molar-refractivity contribution in [1.82, 2.24) is 10.6 Å². The number of rotatable bonds is 37. The van der Waals surface area contributed by atoms with E-state index in [1.54, 1.807) is 0 Å². The van der Waals surface area contributed by atoms with Crippen LogP contribution in [0.2, 0.25) is 0 Å². The summed E-state index contributed by atoms with van der Waals surface area (Å²) in [6, 6.07) is -1.38. The fourth-order valence-corrected chi connectivity index (χ4v) is 6.19. The molecule has 0 aromatic rings. The Kier molecular flexibility index (Phi) is 34.1. The second kappa shape index (κ2) is 35.7. The highest BCUT2D eigenvalue weighted by Crippen LogP contribution is 2.19. The molecule has 0 bridgehead atoms. The van der Waals surface area contributed by atoms with Gasteiger partial charge < -0.3 is 25.6 Å². The third kappa shape index (κ3) is 32.8. The summed E-state index contributed by atoms with van der Waals surface area (Å²) in [7, 11) is 0. The van der Waals surface area contributed by atoms with Gasteiger partial charge in [-0.1, -0.05) is 155 Å². The number of carbonyl (C=O) groups excluding carboxylic acids is 3. The van der Waals surface area contributed by atoms with Gasteiger partial charge in [-0.3, -0.25) is 14.4 Å². The van der Waals surface area contributed by atoms with Gasteiger partial charge in [-0.2, -0.15) is 0 Å². The molecule has 288 valence electrons. The van der Waals surface area contributed by atoms with Crippen LogP contribution in [-0.2, 0) is 23.9 Å². The minimum absolute atomic E-state index is 0.00139. The van der Waals surface area contributed by atoms with Crippen LogP contribution in [0.15, 0.2) is 0 Å². The monoisotopic (exact) mass is 697 g/mol. The van der Waals surface area contributed by atoms with Gasteiger partial charge in [0.2, 0.25) is 11.8 Å². The molecule has 4 N–H and O–H groups in total. The molecule has 2 atom stereocenters. The molecule has 0 radical (unpaired) electrons. The van der Waals surface area contributed by atoms with E-state index in [0.29, 0.717) is 19.3 Å². The first-order valence-corrected chi connectivity index (χ1v) is 20.4. The summed E-state index contributed by atoms with van der Waals surface area (Å²) in [6.45, 7) is 3.47. The van der Waals surface area contributed by atoms with E-state index < -0.39 is 24.5 Å². The first kappa shape index (κ1) is 46.8. The summed E-state index contributed by atoms with van der Waals surface area (Å²) in [4.78, 5) is 47.3. The number of unbranched alkanes of at least 4 members (excludes halogenated alkanes) is 23. The Bertz CT molecular complexity index is 807. The number of aliphatic hydroxyl groups is 1. The van der Waals surface area contributed by atoms with E-state index in [1.165, 1.54) is 116 Å². The summed E-state index contributed by atoms with van der Waals surface area (Å²) in [5.41, 5.74) is 0. The lowest BCUT2D eigenvalue weighted by Gasteiger charge is -2.18. The Morgan fingerprint density at radius 3 is 1.33 bits per heavy atom. The van der Waals surface area contributed by atoms with Gasteiger partial charge in [-0.25, -0.2) is 4.79 Å². The topological polar surface area (TPSA) is 142 Å². The van der Waals surface area contributed by atoms with Crippen molar-refractivity contribution in [2.45, 2.75) is 219 Å². The Balaban J connectivity index is 4.08. The van der Waals surface area contributed by atoms with Crippen LogP contribution in [0, 0.1) is 0 Å². The molecule has 49 heavy (non-hydrogen) atoms. The maximum Gasteiger partial charge on any atom is 0.328 e. The molecule has 0 aromatic carbocycles. The first-order valence-electron chi connectivity index (χ1n) is 20.4. The number of carbonyl (C=O) groups is 4. The number of amides is 2. The summed E-state index contributed by atoms with van der Waals surface area (Å²) >= 11 is 0. The Morgan fingerprint density at radius 2 is 0.918 bits per heavy atom. The highest BCUT2D eigenvalue weighted by molar-refractivity contribution is 5.87. The Morgan fingerprint density at radius 1 is 0.531 bits per heavy atom. The van der Waals surface area contributed by atoms with Crippen LogP contribution in [0.4, 0.5) is 0 Å².